The van der Waals surface area contributed by atoms with Crippen LogP contribution in [0.1, 0.15) is 21.2 Å². The molecule has 0 aliphatic rings. The quantitative estimate of drug-likeness (QED) is 0.527. The number of benzene rings is 1. The van der Waals surface area contributed by atoms with Crippen LogP contribution >= 0.6 is 34.5 Å². The van der Waals surface area contributed by atoms with E-state index in [9.17, 15) is 9.90 Å². The van der Waals surface area contributed by atoms with Gasteiger partial charge in [0.2, 0.25) is 0 Å². The van der Waals surface area contributed by atoms with Crippen LogP contribution in [0.2, 0.25) is 9.36 Å². The molecule has 2 heterocycles. The highest BCUT2D eigenvalue weighted by atomic mass is 35.5. The molecule has 0 fully saturated rings. The standard InChI is InChI=1S/C19H20Cl2N4O2S/c1-25-17(14(20)9-24-25)12-7-16(28-18(12)21)19(27)23-8-13(15(22)10-26)11-5-3-2-4-6-11/h2-7,9,13,15,26H,8,10,22H2,1H3,(H,23,27)/t13?,15-/m1/s1. The zero-order valence-corrected chi connectivity index (χ0v) is 17.4. The zero-order chi connectivity index (χ0) is 20.3. The van der Waals surface area contributed by atoms with Crippen molar-refractivity contribution in [3.63, 3.8) is 0 Å². The summed E-state index contributed by atoms with van der Waals surface area (Å²) in [4.78, 5) is 13.1. The third-order valence-electron chi connectivity index (χ3n) is 4.50. The number of nitrogens with one attached hydrogen (secondary N) is 1. The lowest BCUT2D eigenvalue weighted by atomic mass is 9.92. The van der Waals surface area contributed by atoms with E-state index in [1.807, 2.05) is 30.3 Å². The van der Waals surface area contributed by atoms with Crippen LogP contribution in [0.5, 0.6) is 0 Å². The number of aliphatic hydroxyl groups is 1. The van der Waals surface area contributed by atoms with E-state index in [-0.39, 0.29) is 18.4 Å². The topological polar surface area (TPSA) is 93.2 Å². The fourth-order valence-corrected chi connectivity index (χ4v) is 4.45. The van der Waals surface area contributed by atoms with Crippen LogP contribution in [-0.4, -0.2) is 40.0 Å². The van der Waals surface area contributed by atoms with Crippen LogP contribution in [-0.2, 0) is 7.05 Å². The van der Waals surface area contributed by atoms with Crippen LogP contribution in [0.15, 0.2) is 42.6 Å². The monoisotopic (exact) mass is 438 g/mol. The summed E-state index contributed by atoms with van der Waals surface area (Å²) in [6.07, 6.45) is 1.53. The number of carbonyl (C=O) groups is 1. The lowest BCUT2D eigenvalue weighted by Gasteiger charge is -2.23. The summed E-state index contributed by atoms with van der Waals surface area (Å²) in [5, 5.41) is 16.9. The number of carbonyl (C=O) groups excluding carboxylic acids is 1. The van der Waals surface area contributed by atoms with Crippen LogP contribution in [0, 0.1) is 0 Å². The Morgan fingerprint density at radius 3 is 2.68 bits per heavy atom. The average molecular weight is 439 g/mol. The molecule has 28 heavy (non-hydrogen) atoms. The van der Waals surface area contributed by atoms with Crippen molar-refractivity contribution in [2.75, 3.05) is 13.2 Å². The maximum Gasteiger partial charge on any atom is 0.261 e. The summed E-state index contributed by atoms with van der Waals surface area (Å²) in [6.45, 7) is 0.116. The minimum absolute atomic E-state index is 0.177. The first kappa shape index (κ1) is 20.8. The Morgan fingerprint density at radius 2 is 2.07 bits per heavy atom. The highest BCUT2D eigenvalue weighted by molar-refractivity contribution is 7.18. The Labute approximate surface area is 176 Å². The van der Waals surface area contributed by atoms with Crippen LogP contribution in [0.25, 0.3) is 11.3 Å². The van der Waals surface area contributed by atoms with E-state index in [0.717, 1.165) is 5.56 Å². The highest BCUT2D eigenvalue weighted by Crippen LogP contribution is 2.38. The smallest absolute Gasteiger partial charge is 0.261 e. The lowest BCUT2D eigenvalue weighted by molar-refractivity contribution is 0.0952. The van der Waals surface area contributed by atoms with Crippen molar-refractivity contribution < 1.29 is 9.90 Å². The molecule has 1 amide bonds. The fourth-order valence-electron chi connectivity index (χ4n) is 2.99. The Balaban J connectivity index is 1.77. The third-order valence-corrected chi connectivity index (χ3v) is 6.13. The van der Waals surface area contributed by atoms with Crippen LogP contribution in [0.4, 0.5) is 0 Å². The molecule has 0 aliphatic heterocycles. The summed E-state index contributed by atoms with van der Waals surface area (Å²) < 4.78 is 2.08. The van der Waals surface area contributed by atoms with Gasteiger partial charge >= 0.3 is 0 Å². The summed E-state index contributed by atoms with van der Waals surface area (Å²) in [5.74, 6) is -0.473. The second-order valence-electron chi connectivity index (χ2n) is 6.34. The van der Waals surface area contributed by atoms with E-state index in [4.69, 9.17) is 28.9 Å². The number of aromatic nitrogens is 2. The van der Waals surface area contributed by atoms with Crippen LogP contribution < -0.4 is 11.1 Å². The van der Waals surface area contributed by atoms with Gasteiger partial charge < -0.3 is 16.2 Å². The molecule has 4 N–H and O–H groups in total. The molecular weight excluding hydrogens is 419 g/mol. The molecule has 3 rings (SSSR count). The normalized spacial score (nSPS) is 13.3. The molecule has 0 spiro atoms. The number of nitrogens with two attached hydrogens (primary N) is 1. The first-order valence-corrected chi connectivity index (χ1v) is 10.2. The minimum atomic E-state index is -0.488. The van der Waals surface area contributed by atoms with Crippen molar-refractivity contribution in [1.82, 2.24) is 15.1 Å². The van der Waals surface area contributed by atoms with Gasteiger partial charge in [-0.3, -0.25) is 9.48 Å². The van der Waals surface area contributed by atoms with Crippen molar-refractivity contribution in [1.29, 1.82) is 0 Å². The molecule has 3 aromatic rings. The molecule has 1 aromatic carbocycles. The maximum absolute atomic E-state index is 12.7. The van der Waals surface area contributed by atoms with E-state index >= 15 is 0 Å². The van der Waals surface area contributed by atoms with Gasteiger partial charge in [-0.1, -0.05) is 53.5 Å². The van der Waals surface area contributed by atoms with Gasteiger partial charge in [0.05, 0.1) is 28.4 Å². The molecule has 0 saturated heterocycles. The number of rotatable bonds is 7. The first-order valence-electron chi connectivity index (χ1n) is 8.59. The number of thiophene rings is 1. The third kappa shape index (κ3) is 4.39. The minimum Gasteiger partial charge on any atom is -0.395 e. The Kier molecular flexibility index (Phi) is 6.74. The molecule has 9 heteroatoms. The maximum atomic E-state index is 12.7. The van der Waals surface area contributed by atoms with E-state index in [1.165, 1.54) is 17.5 Å². The number of aliphatic hydroxyl groups excluding tert-OH is 1. The second kappa shape index (κ2) is 9.07. The molecule has 0 aliphatic carbocycles. The summed E-state index contributed by atoms with van der Waals surface area (Å²) in [7, 11) is 1.76. The number of aryl methyl sites for hydroxylation is 1. The molecule has 2 atom stereocenters. The number of amides is 1. The Hall–Kier alpha value is -1.90. The number of halogens is 2. The molecule has 148 valence electrons. The van der Waals surface area contributed by atoms with Gasteiger partial charge in [0.25, 0.3) is 5.91 Å². The number of hydrogen-bond acceptors (Lipinski definition) is 5. The van der Waals surface area contributed by atoms with Crippen molar-refractivity contribution in [2.45, 2.75) is 12.0 Å². The van der Waals surface area contributed by atoms with Crippen molar-refractivity contribution in [3.8, 4) is 11.3 Å². The summed E-state index contributed by atoms with van der Waals surface area (Å²) in [5.41, 5.74) is 8.33. The molecule has 0 radical (unpaired) electrons. The van der Waals surface area contributed by atoms with Gasteiger partial charge in [-0.15, -0.1) is 11.3 Å². The number of nitrogens with zero attached hydrogens (tertiary/aromatic N) is 2. The van der Waals surface area contributed by atoms with E-state index in [2.05, 4.69) is 10.4 Å². The predicted octanol–water partition coefficient (Wildman–Crippen LogP) is 3.29. The zero-order valence-electron chi connectivity index (χ0n) is 15.1. The van der Waals surface area contributed by atoms with Crippen molar-refractivity contribution in [2.24, 2.45) is 12.8 Å². The molecule has 6 nitrogen and oxygen atoms in total. The molecule has 0 saturated carbocycles. The first-order chi connectivity index (χ1) is 13.4. The van der Waals surface area contributed by atoms with Gasteiger partial charge in [0.15, 0.2) is 0 Å². The van der Waals surface area contributed by atoms with Gasteiger partial charge in [0.1, 0.15) is 4.34 Å². The van der Waals surface area contributed by atoms with Crippen molar-refractivity contribution in [3.05, 3.63) is 62.4 Å². The SMILES string of the molecule is Cn1ncc(Cl)c1-c1cc(C(=O)NCC(c2ccccc2)[C@H](N)CO)sc1Cl. The average Bonchev–Trinajstić information content (AvgIpc) is 3.23. The molecule has 2 aromatic heterocycles. The van der Waals surface area contributed by atoms with E-state index in [0.29, 0.717) is 32.0 Å². The van der Waals surface area contributed by atoms with Gasteiger partial charge in [0, 0.05) is 31.1 Å². The Morgan fingerprint density at radius 1 is 1.36 bits per heavy atom. The molecular formula is C19H20Cl2N4O2S. The second-order valence-corrected chi connectivity index (χ2v) is 8.40. The molecule has 0 bridgehead atoms. The fraction of sp³-hybridized carbons (Fsp3) is 0.263. The highest BCUT2D eigenvalue weighted by Gasteiger charge is 2.23. The van der Waals surface area contributed by atoms with Crippen molar-refractivity contribution >= 4 is 40.4 Å². The van der Waals surface area contributed by atoms with E-state index < -0.39 is 6.04 Å². The van der Waals surface area contributed by atoms with Gasteiger partial charge in [-0.05, 0) is 11.6 Å². The summed E-state index contributed by atoms with van der Waals surface area (Å²) >= 11 is 13.7. The summed E-state index contributed by atoms with van der Waals surface area (Å²) in [6, 6.07) is 10.8. The van der Waals surface area contributed by atoms with Gasteiger partial charge in [-0.25, -0.2) is 0 Å². The molecule has 1 unspecified atom stereocenters. The Bertz CT molecular complexity index is 939. The van der Waals surface area contributed by atoms with Crippen LogP contribution in [0.3, 0.4) is 0 Å². The lowest BCUT2D eigenvalue weighted by Crippen LogP contribution is -2.39. The largest absolute Gasteiger partial charge is 0.395 e. The predicted molar refractivity (Wildman–Crippen MR) is 113 cm³/mol. The van der Waals surface area contributed by atoms with E-state index in [1.54, 1.807) is 17.8 Å². The van der Waals surface area contributed by atoms with Gasteiger partial charge in [-0.2, -0.15) is 5.10 Å². The number of hydrogen-bond donors (Lipinski definition) is 3.